The predicted octanol–water partition coefficient (Wildman–Crippen LogP) is 2.44. The van der Waals surface area contributed by atoms with E-state index in [9.17, 15) is 18.5 Å². The van der Waals surface area contributed by atoms with E-state index in [1.165, 1.54) is 39.4 Å². The van der Waals surface area contributed by atoms with Crippen molar-refractivity contribution in [3.63, 3.8) is 0 Å². The van der Waals surface area contributed by atoms with Gasteiger partial charge in [-0.15, -0.1) is 0 Å². The first-order valence-electron chi connectivity index (χ1n) is 9.30. The molecule has 0 aliphatic heterocycles. The Morgan fingerprint density at radius 3 is 2.48 bits per heavy atom. The van der Waals surface area contributed by atoms with Crippen molar-refractivity contribution in [2.24, 2.45) is 0 Å². The van der Waals surface area contributed by atoms with Crippen LogP contribution in [0.4, 0.5) is 0 Å². The van der Waals surface area contributed by atoms with Crippen LogP contribution in [-0.2, 0) is 14.8 Å². The van der Waals surface area contributed by atoms with Crippen LogP contribution >= 0.6 is 0 Å². The van der Waals surface area contributed by atoms with Crippen LogP contribution in [0, 0.1) is 11.3 Å². The summed E-state index contributed by atoms with van der Waals surface area (Å²) >= 11 is 0. The van der Waals surface area contributed by atoms with E-state index in [-0.39, 0.29) is 10.5 Å². The van der Waals surface area contributed by atoms with Crippen LogP contribution in [0.1, 0.15) is 5.56 Å². The topological polar surface area (TPSA) is 108 Å². The molecule has 0 saturated heterocycles. The van der Waals surface area contributed by atoms with Gasteiger partial charge >= 0.3 is 0 Å². The third kappa shape index (κ3) is 4.55. The summed E-state index contributed by atoms with van der Waals surface area (Å²) in [5.74, 6) is -0.523. The van der Waals surface area contributed by atoms with E-state index in [4.69, 9.17) is 0 Å². The Morgan fingerprint density at radius 1 is 1.16 bits per heavy atom. The lowest BCUT2D eigenvalue weighted by Gasteiger charge is -2.12. The lowest BCUT2D eigenvalue weighted by atomic mass is 10.1. The molecule has 2 aromatic carbocycles. The third-order valence-electron chi connectivity index (χ3n) is 4.54. The minimum atomic E-state index is -3.64. The third-order valence-corrected chi connectivity index (χ3v) is 6.35. The van der Waals surface area contributed by atoms with Crippen molar-refractivity contribution in [1.82, 2.24) is 19.4 Å². The summed E-state index contributed by atoms with van der Waals surface area (Å²) in [4.78, 5) is 12.1. The van der Waals surface area contributed by atoms with E-state index in [0.29, 0.717) is 16.8 Å². The quantitative estimate of drug-likeness (QED) is 0.473. The highest BCUT2D eigenvalue weighted by Crippen LogP contribution is 2.28. The molecule has 0 saturated carbocycles. The van der Waals surface area contributed by atoms with E-state index in [2.05, 4.69) is 10.4 Å². The molecule has 0 bridgehead atoms. The SMILES string of the molecule is CNC(=O)/C(C#N)=C\c1cn(-c2ccccc2)nc1-c1cccc(S(=O)(=O)N(C)C)c1. The second-order valence-electron chi connectivity index (χ2n) is 6.78. The van der Waals surface area contributed by atoms with Gasteiger partial charge in [0, 0.05) is 38.5 Å². The van der Waals surface area contributed by atoms with Crippen molar-refractivity contribution in [1.29, 1.82) is 5.26 Å². The fourth-order valence-corrected chi connectivity index (χ4v) is 3.83. The molecule has 158 valence electrons. The number of benzene rings is 2. The maximum Gasteiger partial charge on any atom is 0.261 e. The van der Waals surface area contributed by atoms with Crippen LogP contribution in [0.3, 0.4) is 0 Å². The normalized spacial score (nSPS) is 11.9. The van der Waals surface area contributed by atoms with E-state index in [0.717, 1.165) is 9.99 Å². The average molecular weight is 436 g/mol. The van der Waals surface area contributed by atoms with Crippen molar-refractivity contribution in [2.45, 2.75) is 4.90 Å². The van der Waals surface area contributed by atoms with Crippen LogP contribution in [0.15, 0.2) is 71.3 Å². The summed E-state index contributed by atoms with van der Waals surface area (Å²) in [6.45, 7) is 0. The Morgan fingerprint density at radius 2 is 1.87 bits per heavy atom. The number of amides is 1. The highest BCUT2D eigenvalue weighted by Gasteiger charge is 2.20. The largest absolute Gasteiger partial charge is 0.354 e. The maximum absolute atomic E-state index is 12.6. The van der Waals surface area contributed by atoms with Crippen LogP contribution in [0.25, 0.3) is 23.0 Å². The maximum atomic E-state index is 12.6. The summed E-state index contributed by atoms with van der Waals surface area (Å²) in [7, 11) is 0.720. The number of nitrogens with zero attached hydrogens (tertiary/aromatic N) is 4. The second kappa shape index (κ2) is 8.95. The number of carbonyl (C=O) groups is 1. The highest BCUT2D eigenvalue weighted by molar-refractivity contribution is 7.89. The number of para-hydroxylation sites is 1. The molecule has 1 N–H and O–H groups in total. The minimum Gasteiger partial charge on any atom is -0.354 e. The van der Waals surface area contributed by atoms with E-state index >= 15 is 0 Å². The number of aromatic nitrogens is 2. The van der Waals surface area contributed by atoms with Crippen LogP contribution < -0.4 is 5.32 Å². The number of carbonyl (C=O) groups excluding carboxylic acids is 1. The molecule has 1 heterocycles. The zero-order chi connectivity index (χ0) is 22.6. The summed E-state index contributed by atoms with van der Waals surface area (Å²) in [5.41, 5.74) is 2.17. The molecule has 3 rings (SSSR count). The highest BCUT2D eigenvalue weighted by atomic mass is 32.2. The van der Waals surface area contributed by atoms with Crippen LogP contribution in [0.5, 0.6) is 0 Å². The Balaban J connectivity index is 2.22. The van der Waals surface area contributed by atoms with E-state index < -0.39 is 15.9 Å². The standard InChI is InChI=1S/C22H21N5O3S/c1-24-22(28)17(14-23)12-18-15-27(19-9-5-4-6-10-19)25-21(18)16-8-7-11-20(13-16)31(29,30)26(2)3/h4-13,15H,1-3H3,(H,24,28)/b17-12-. The number of likely N-dealkylation sites (N-methyl/N-ethyl adjacent to an activating group) is 1. The van der Waals surface area contributed by atoms with Gasteiger partial charge in [0.1, 0.15) is 17.3 Å². The summed E-state index contributed by atoms with van der Waals surface area (Å²) in [6.07, 6.45) is 3.13. The van der Waals surface area contributed by atoms with Gasteiger partial charge in [-0.1, -0.05) is 30.3 Å². The molecule has 0 atom stereocenters. The first-order valence-corrected chi connectivity index (χ1v) is 10.7. The lowest BCUT2D eigenvalue weighted by molar-refractivity contribution is -0.116. The molecule has 31 heavy (non-hydrogen) atoms. The predicted molar refractivity (Wildman–Crippen MR) is 118 cm³/mol. The van der Waals surface area contributed by atoms with Gasteiger partial charge < -0.3 is 5.32 Å². The molecule has 0 spiro atoms. The van der Waals surface area contributed by atoms with Gasteiger partial charge in [0.05, 0.1) is 10.6 Å². The molecule has 1 aromatic heterocycles. The van der Waals surface area contributed by atoms with Gasteiger partial charge in [0.2, 0.25) is 10.0 Å². The van der Waals surface area contributed by atoms with Gasteiger partial charge in [-0.05, 0) is 30.3 Å². The van der Waals surface area contributed by atoms with Gasteiger partial charge in [-0.25, -0.2) is 17.4 Å². The van der Waals surface area contributed by atoms with Crippen molar-refractivity contribution in [3.8, 4) is 23.0 Å². The number of nitriles is 1. The molecular formula is C22H21N5O3S. The van der Waals surface area contributed by atoms with E-state index in [1.54, 1.807) is 23.0 Å². The minimum absolute atomic E-state index is 0.0894. The monoisotopic (exact) mass is 435 g/mol. The number of hydrogen-bond acceptors (Lipinski definition) is 5. The second-order valence-corrected chi connectivity index (χ2v) is 8.93. The number of nitrogens with one attached hydrogen (secondary N) is 1. The van der Waals surface area contributed by atoms with Crippen LogP contribution in [-0.4, -0.2) is 49.6 Å². The van der Waals surface area contributed by atoms with Crippen molar-refractivity contribution >= 4 is 22.0 Å². The molecule has 0 radical (unpaired) electrons. The lowest BCUT2D eigenvalue weighted by Crippen LogP contribution is -2.22. The molecule has 9 heteroatoms. The van der Waals surface area contributed by atoms with E-state index in [1.807, 2.05) is 36.4 Å². The Hall–Kier alpha value is -3.74. The Bertz CT molecular complexity index is 1290. The Labute approximate surface area is 181 Å². The molecule has 0 aliphatic carbocycles. The summed E-state index contributed by atoms with van der Waals surface area (Å²) < 4.78 is 27.9. The number of hydrogen-bond donors (Lipinski definition) is 1. The van der Waals surface area contributed by atoms with Crippen molar-refractivity contribution in [2.75, 3.05) is 21.1 Å². The molecule has 1 amide bonds. The first kappa shape index (κ1) is 22.0. The molecule has 0 aliphatic rings. The van der Waals surface area contributed by atoms with Crippen molar-refractivity contribution in [3.05, 3.63) is 71.9 Å². The molecule has 8 nitrogen and oxygen atoms in total. The van der Waals surface area contributed by atoms with Crippen LogP contribution in [0.2, 0.25) is 0 Å². The summed E-state index contributed by atoms with van der Waals surface area (Å²) in [6, 6.07) is 17.6. The molecule has 3 aromatic rings. The fraction of sp³-hybridized carbons (Fsp3) is 0.136. The first-order chi connectivity index (χ1) is 14.8. The van der Waals surface area contributed by atoms with Gasteiger partial charge in [-0.2, -0.15) is 10.4 Å². The molecule has 0 fully saturated rings. The van der Waals surface area contributed by atoms with Gasteiger partial charge in [0.25, 0.3) is 5.91 Å². The summed E-state index contributed by atoms with van der Waals surface area (Å²) in [5, 5.41) is 16.4. The van der Waals surface area contributed by atoms with Gasteiger partial charge in [0.15, 0.2) is 0 Å². The smallest absolute Gasteiger partial charge is 0.261 e. The number of rotatable bonds is 6. The van der Waals surface area contributed by atoms with Crippen molar-refractivity contribution < 1.29 is 13.2 Å². The molecule has 0 unspecified atom stereocenters. The number of sulfonamides is 1. The zero-order valence-corrected chi connectivity index (χ0v) is 18.1. The average Bonchev–Trinajstić information content (AvgIpc) is 3.21. The zero-order valence-electron chi connectivity index (χ0n) is 17.3. The fourth-order valence-electron chi connectivity index (χ4n) is 2.88. The Kier molecular flexibility index (Phi) is 6.34. The van der Waals surface area contributed by atoms with Gasteiger partial charge in [-0.3, -0.25) is 4.79 Å². The molecular weight excluding hydrogens is 414 g/mol.